The first-order valence-electron chi connectivity index (χ1n) is 3.79. The van der Waals surface area contributed by atoms with Crippen molar-refractivity contribution in [2.45, 2.75) is 13.8 Å². The van der Waals surface area contributed by atoms with E-state index in [0.29, 0.717) is 0 Å². The molecule has 2 rings (SSSR count). The first-order valence-corrected chi connectivity index (χ1v) is 4.58. The monoisotopic (exact) mass is 224 g/mol. The Balaban J connectivity index is 2.90. The summed E-state index contributed by atoms with van der Waals surface area (Å²) in [5, 5.41) is 0. The smallest absolute Gasteiger partial charge is 0.110 e. The standard InChI is InChI=1S/C9H9BrN2/c1-6-9-4-3-8(10)5-12(9)7(2)11-6/h3-5H,1-2H3. The highest BCUT2D eigenvalue weighted by Crippen LogP contribution is 2.16. The van der Waals surface area contributed by atoms with Crippen LogP contribution < -0.4 is 0 Å². The highest BCUT2D eigenvalue weighted by molar-refractivity contribution is 9.10. The zero-order chi connectivity index (χ0) is 8.72. The Bertz CT molecular complexity index is 431. The Morgan fingerprint density at radius 2 is 2.08 bits per heavy atom. The van der Waals surface area contributed by atoms with Gasteiger partial charge in [-0.05, 0) is 41.9 Å². The number of fused-ring (bicyclic) bond motifs is 1. The lowest BCUT2D eigenvalue weighted by Crippen LogP contribution is -1.86. The minimum atomic E-state index is 1.03. The molecular weight excluding hydrogens is 216 g/mol. The molecule has 0 aliphatic rings. The molecule has 0 amide bonds. The summed E-state index contributed by atoms with van der Waals surface area (Å²) >= 11 is 3.43. The number of halogens is 1. The van der Waals surface area contributed by atoms with Crippen molar-refractivity contribution in [3.05, 3.63) is 34.3 Å². The van der Waals surface area contributed by atoms with Gasteiger partial charge in [0.2, 0.25) is 0 Å². The molecule has 0 N–H and O–H groups in total. The predicted octanol–water partition coefficient (Wildman–Crippen LogP) is 2.71. The van der Waals surface area contributed by atoms with Gasteiger partial charge in [0.15, 0.2) is 0 Å². The Morgan fingerprint density at radius 3 is 2.83 bits per heavy atom. The third-order valence-corrected chi connectivity index (χ3v) is 2.43. The average molecular weight is 225 g/mol. The summed E-state index contributed by atoms with van der Waals surface area (Å²) in [6.07, 6.45) is 2.03. The van der Waals surface area contributed by atoms with Gasteiger partial charge in [-0.2, -0.15) is 0 Å². The Labute approximate surface area is 79.4 Å². The van der Waals surface area contributed by atoms with Crippen LogP contribution >= 0.6 is 15.9 Å². The van der Waals surface area contributed by atoms with Gasteiger partial charge in [0, 0.05) is 10.7 Å². The molecule has 0 aliphatic carbocycles. The SMILES string of the molecule is Cc1nc(C)n2cc(Br)ccc12. The highest BCUT2D eigenvalue weighted by atomic mass is 79.9. The van der Waals surface area contributed by atoms with Crippen LogP contribution in [0.3, 0.4) is 0 Å². The van der Waals surface area contributed by atoms with Gasteiger partial charge in [-0.3, -0.25) is 0 Å². The van der Waals surface area contributed by atoms with E-state index in [-0.39, 0.29) is 0 Å². The van der Waals surface area contributed by atoms with Gasteiger partial charge < -0.3 is 4.40 Å². The van der Waals surface area contributed by atoms with Crippen LogP contribution in [-0.2, 0) is 0 Å². The summed E-state index contributed by atoms with van der Waals surface area (Å²) in [6.45, 7) is 4.03. The van der Waals surface area contributed by atoms with Crippen molar-refractivity contribution in [3.63, 3.8) is 0 Å². The third kappa shape index (κ3) is 1.05. The van der Waals surface area contributed by atoms with Gasteiger partial charge in [0.25, 0.3) is 0 Å². The molecule has 0 atom stereocenters. The average Bonchev–Trinajstić information content (AvgIpc) is 2.28. The van der Waals surface area contributed by atoms with E-state index >= 15 is 0 Å². The second-order valence-electron chi connectivity index (χ2n) is 2.85. The maximum Gasteiger partial charge on any atom is 0.110 e. The molecule has 2 aromatic heterocycles. The molecule has 2 nitrogen and oxygen atoms in total. The lowest BCUT2D eigenvalue weighted by molar-refractivity contribution is 1.03. The second kappa shape index (κ2) is 2.59. The minimum Gasteiger partial charge on any atom is -0.303 e. The van der Waals surface area contributed by atoms with Crippen molar-refractivity contribution < 1.29 is 0 Å². The molecule has 0 radical (unpaired) electrons. The van der Waals surface area contributed by atoms with Crippen LogP contribution in [-0.4, -0.2) is 9.38 Å². The van der Waals surface area contributed by atoms with Crippen LogP contribution in [0.1, 0.15) is 11.5 Å². The Hall–Kier alpha value is -0.830. The molecule has 62 valence electrons. The highest BCUT2D eigenvalue weighted by Gasteiger charge is 2.02. The number of rotatable bonds is 0. The molecule has 12 heavy (non-hydrogen) atoms. The van der Waals surface area contributed by atoms with Crippen molar-refractivity contribution in [2.75, 3.05) is 0 Å². The van der Waals surface area contributed by atoms with E-state index in [9.17, 15) is 0 Å². The lowest BCUT2D eigenvalue weighted by Gasteiger charge is -1.96. The van der Waals surface area contributed by atoms with Crippen LogP contribution in [0.15, 0.2) is 22.8 Å². The fourth-order valence-electron chi connectivity index (χ4n) is 1.39. The summed E-state index contributed by atoms with van der Waals surface area (Å²) in [5.74, 6) is 1.03. The number of pyridine rings is 1. The van der Waals surface area contributed by atoms with E-state index in [4.69, 9.17) is 0 Å². The topological polar surface area (TPSA) is 17.3 Å². The fourth-order valence-corrected chi connectivity index (χ4v) is 1.73. The number of aromatic nitrogens is 2. The zero-order valence-corrected chi connectivity index (χ0v) is 8.59. The fraction of sp³-hybridized carbons (Fsp3) is 0.222. The molecule has 2 aromatic rings. The maximum absolute atomic E-state index is 4.37. The third-order valence-electron chi connectivity index (χ3n) is 1.96. The molecule has 0 aromatic carbocycles. The molecule has 0 unspecified atom stereocenters. The summed E-state index contributed by atoms with van der Waals surface area (Å²) in [5.41, 5.74) is 2.26. The van der Waals surface area contributed by atoms with Gasteiger partial charge in [0.1, 0.15) is 5.82 Å². The van der Waals surface area contributed by atoms with E-state index in [1.807, 2.05) is 26.1 Å². The molecule has 0 aliphatic heterocycles. The number of nitrogens with zero attached hydrogens (tertiary/aromatic N) is 2. The normalized spacial score (nSPS) is 10.9. The van der Waals surface area contributed by atoms with Crippen molar-refractivity contribution in [2.24, 2.45) is 0 Å². The van der Waals surface area contributed by atoms with Gasteiger partial charge in [-0.25, -0.2) is 4.98 Å². The molecular formula is C9H9BrN2. The molecule has 0 fully saturated rings. The van der Waals surface area contributed by atoms with Gasteiger partial charge in [0.05, 0.1) is 11.2 Å². The van der Waals surface area contributed by atoms with Gasteiger partial charge >= 0.3 is 0 Å². The van der Waals surface area contributed by atoms with Crippen LogP contribution in [0.25, 0.3) is 5.52 Å². The van der Waals surface area contributed by atoms with Crippen molar-refractivity contribution in [1.29, 1.82) is 0 Å². The van der Waals surface area contributed by atoms with Gasteiger partial charge in [-0.15, -0.1) is 0 Å². The van der Waals surface area contributed by atoms with Crippen molar-refractivity contribution in [1.82, 2.24) is 9.38 Å². The van der Waals surface area contributed by atoms with Crippen LogP contribution in [0, 0.1) is 13.8 Å². The molecule has 0 spiro atoms. The van der Waals surface area contributed by atoms with Crippen molar-refractivity contribution in [3.8, 4) is 0 Å². The van der Waals surface area contributed by atoms with Crippen LogP contribution in [0.4, 0.5) is 0 Å². The number of imidazole rings is 1. The van der Waals surface area contributed by atoms with Crippen LogP contribution in [0.2, 0.25) is 0 Å². The number of aryl methyl sites for hydroxylation is 2. The quantitative estimate of drug-likeness (QED) is 0.673. The van der Waals surface area contributed by atoms with Crippen LogP contribution in [0.5, 0.6) is 0 Å². The molecule has 2 heterocycles. The maximum atomic E-state index is 4.37. The summed E-state index contributed by atoms with van der Waals surface area (Å²) < 4.78 is 3.16. The summed E-state index contributed by atoms with van der Waals surface area (Å²) in [7, 11) is 0. The second-order valence-corrected chi connectivity index (χ2v) is 3.76. The van der Waals surface area contributed by atoms with E-state index in [1.54, 1.807) is 0 Å². The molecule has 0 saturated heterocycles. The minimum absolute atomic E-state index is 1.03. The summed E-state index contributed by atoms with van der Waals surface area (Å²) in [4.78, 5) is 4.37. The predicted molar refractivity (Wildman–Crippen MR) is 52.4 cm³/mol. The number of hydrogen-bond acceptors (Lipinski definition) is 1. The van der Waals surface area contributed by atoms with Gasteiger partial charge in [-0.1, -0.05) is 0 Å². The van der Waals surface area contributed by atoms with E-state index in [2.05, 4.69) is 31.4 Å². The molecule has 0 saturated carbocycles. The van der Waals surface area contributed by atoms with E-state index in [1.165, 1.54) is 5.52 Å². The van der Waals surface area contributed by atoms with E-state index < -0.39 is 0 Å². The lowest BCUT2D eigenvalue weighted by atomic mass is 10.3. The first-order chi connectivity index (χ1) is 5.68. The number of hydrogen-bond donors (Lipinski definition) is 0. The summed E-state index contributed by atoms with van der Waals surface area (Å²) in [6, 6.07) is 4.10. The zero-order valence-electron chi connectivity index (χ0n) is 7.00. The van der Waals surface area contributed by atoms with E-state index in [0.717, 1.165) is 16.0 Å². The molecule has 3 heteroatoms. The molecule has 0 bridgehead atoms. The largest absolute Gasteiger partial charge is 0.303 e. The Kier molecular flexibility index (Phi) is 1.68. The Morgan fingerprint density at radius 1 is 1.33 bits per heavy atom. The first kappa shape index (κ1) is 7.80. The van der Waals surface area contributed by atoms with Crippen molar-refractivity contribution >= 4 is 21.4 Å².